The van der Waals surface area contributed by atoms with Crippen LogP contribution in [0.5, 0.6) is 0 Å². The molecule has 1 heterocycles. The first kappa shape index (κ1) is 16.8. The van der Waals surface area contributed by atoms with Gasteiger partial charge in [-0.3, -0.25) is 19.9 Å². The summed E-state index contributed by atoms with van der Waals surface area (Å²) in [6.07, 6.45) is 1.23. The van der Waals surface area contributed by atoms with E-state index in [1.54, 1.807) is 6.07 Å². The van der Waals surface area contributed by atoms with E-state index >= 15 is 0 Å². The number of nitrogens with one attached hydrogen (secondary N) is 2. The number of carbonyl (C=O) groups is 1. The molecule has 0 saturated carbocycles. The third-order valence-corrected chi connectivity index (χ3v) is 3.94. The SMILES string of the molecule is N#C/C(=C/NC1=NCCS1)C(=O)Nc1cc([N+](=O)[O-])ccc1Cl. The van der Waals surface area contributed by atoms with Crippen LogP contribution in [0, 0.1) is 21.4 Å². The molecule has 0 fully saturated rings. The highest BCUT2D eigenvalue weighted by Crippen LogP contribution is 2.27. The fourth-order valence-electron chi connectivity index (χ4n) is 1.62. The molecule has 1 aliphatic rings. The van der Waals surface area contributed by atoms with E-state index in [0.717, 1.165) is 11.8 Å². The maximum Gasteiger partial charge on any atom is 0.271 e. The Morgan fingerprint density at radius 1 is 1.57 bits per heavy atom. The number of aliphatic imine (C=N–C) groups is 1. The molecule has 8 nitrogen and oxygen atoms in total. The monoisotopic (exact) mass is 351 g/mol. The van der Waals surface area contributed by atoms with Gasteiger partial charge in [-0.15, -0.1) is 0 Å². The summed E-state index contributed by atoms with van der Waals surface area (Å²) in [4.78, 5) is 26.3. The number of hydrogen-bond acceptors (Lipinski definition) is 7. The van der Waals surface area contributed by atoms with Crippen LogP contribution in [0.15, 0.2) is 35.0 Å². The van der Waals surface area contributed by atoms with Gasteiger partial charge in [0.2, 0.25) is 0 Å². The molecule has 1 aromatic carbocycles. The number of non-ortho nitro benzene ring substituents is 1. The van der Waals surface area contributed by atoms with Crippen molar-refractivity contribution in [1.82, 2.24) is 5.32 Å². The van der Waals surface area contributed by atoms with Gasteiger partial charge in [0, 0.05) is 24.1 Å². The normalized spacial score (nSPS) is 13.9. The Morgan fingerprint density at radius 2 is 2.35 bits per heavy atom. The lowest BCUT2D eigenvalue weighted by atomic mass is 10.2. The molecule has 0 bridgehead atoms. The molecule has 0 spiro atoms. The number of carbonyl (C=O) groups excluding carboxylic acids is 1. The van der Waals surface area contributed by atoms with Gasteiger partial charge < -0.3 is 10.6 Å². The largest absolute Gasteiger partial charge is 0.340 e. The Bertz CT molecular complexity index is 756. The zero-order valence-corrected chi connectivity index (χ0v) is 13.1. The molecule has 1 aliphatic heterocycles. The average Bonchev–Trinajstić information content (AvgIpc) is 3.03. The van der Waals surface area contributed by atoms with Crippen molar-refractivity contribution in [2.75, 3.05) is 17.6 Å². The Morgan fingerprint density at radius 3 is 2.96 bits per heavy atom. The number of nitro benzene ring substituents is 1. The predicted octanol–water partition coefficient (Wildman–Crippen LogP) is 2.29. The standard InChI is InChI=1S/C13H10ClN5O3S/c14-10-2-1-9(19(21)22)5-11(10)18-12(20)8(6-15)7-17-13-16-3-4-23-13/h1-2,5,7H,3-4H2,(H,16,17)(H,18,20)/b8-7-. The zero-order chi connectivity index (χ0) is 16.8. The predicted molar refractivity (Wildman–Crippen MR) is 88.3 cm³/mol. The minimum atomic E-state index is -0.731. The smallest absolute Gasteiger partial charge is 0.271 e. The maximum absolute atomic E-state index is 12.1. The Labute approximate surface area is 140 Å². The highest BCUT2D eigenvalue weighted by Gasteiger charge is 2.15. The summed E-state index contributed by atoms with van der Waals surface area (Å²) in [5, 5.41) is 25.7. The van der Waals surface area contributed by atoms with E-state index in [-0.39, 0.29) is 22.0 Å². The molecule has 2 N–H and O–H groups in total. The molecule has 0 saturated heterocycles. The summed E-state index contributed by atoms with van der Waals surface area (Å²) in [7, 11) is 0. The van der Waals surface area contributed by atoms with E-state index < -0.39 is 10.8 Å². The van der Waals surface area contributed by atoms with Gasteiger partial charge in [-0.1, -0.05) is 23.4 Å². The van der Waals surface area contributed by atoms with Crippen molar-refractivity contribution < 1.29 is 9.72 Å². The van der Waals surface area contributed by atoms with E-state index in [9.17, 15) is 14.9 Å². The van der Waals surface area contributed by atoms with E-state index in [2.05, 4.69) is 15.6 Å². The van der Waals surface area contributed by atoms with Crippen LogP contribution in [-0.4, -0.2) is 28.3 Å². The number of thioether (sulfide) groups is 1. The molecule has 10 heteroatoms. The van der Waals surface area contributed by atoms with Crippen molar-refractivity contribution in [3.63, 3.8) is 0 Å². The van der Waals surface area contributed by atoms with Gasteiger partial charge in [0.15, 0.2) is 5.17 Å². The van der Waals surface area contributed by atoms with Gasteiger partial charge in [-0.25, -0.2) is 0 Å². The number of benzene rings is 1. The second kappa shape index (κ2) is 7.62. The lowest BCUT2D eigenvalue weighted by Crippen LogP contribution is -2.18. The van der Waals surface area contributed by atoms with Crippen LogP contribution < -0.4 is 10.6 Å². The number of rotatable bonds is 4. The topological polar surface area (TPSA) is 120 Å². The van der Waals surface area contributed by atoms with Crippen molar-refractivity contribution in [1.29, 1.82) is 5.26 Å². The van der Waals surface area contributed by atoms with Crippen LogP contribution in [0.4, 0.5) is 11.4 Å². The summed E-state index contributed by atoms with van der Waals surface area (Å²) in [6, 6.07) is 5.39. The summed E-state index contributed by atoms with van der Waals surface area (Å²) < 4.78 is 0. The molecule has 0 aromatic heterocycles. The van der Waals surface area contributed by atoms with Gasteiger partial charge in [-0.2, -0.15) is 5.26 Å². The molecule has 2 rings (SSSR count). The number of nitrogens with zero attached hydrogens (tertiary/aromatic N) is 3. The van der Waals surface area contributed by atoms with Crippen LogP contribution in [-0.2, 0) is 4.79 Å². The number of amidine groups is 1. The summed E-state index contributed by atoms with van der Waals surface area (Å²) in [5.74, 6) is 0.110. The van der Waals surface area contributed by atoms with Gasteiger partial charge >= 0.3 is 0 Å². The number of nitro groups is 1. The van der Waals surface area contributed by atoms with Crippen molar-refractivity contribution in [2.24, 2.45) is 4.99 Å². The van der Waals surface area contributed by atoms with E-state index in [4.69, 9.17) is 16.9 Å². The molecule has 1 aromatic rings. The number of hydrogen-bond donors (Lipinski definition) is 2. The molecule has 0 aliphatic carbocycles. The first-order valence-corrected chi connectivity index (χ1v) is 7.67. The van der Waals surface area contributed by atoms with E-state index in [0.29, 0.717) is 11.7 Å². The fourth-order valence-corrected chi connectivity index (χ4v) is 2.48. The minimum absolute atomic E-state index is 0.0552. The van der Waals surface area contributed by atoms with Crippen molar-refractivity contribution in [3.05, 3.63) is 45.1 Å². The second-order valence-corrected chi connectivity index (χ2v) is 5.72. The van der Waals surface area contributed by atoms with Gasteiger partial charge in [0.1, 0.15) is 11.6 Å². The van der Waals surface area contributed by atoms with Gasteiger partial charge in [0.05, 0.1) is 22.2 Å². The first-order valence-electron chi connectivity index (χ1n) is 6.30. The van der Waals surface area contributed by atoms with Crippen molar-refractivity contribution in [3.8, 4) is 6.07 Å². The maximum atomic E-state index is 12.1. The molecular formula is C13H10ClN5O3S. The van der Waals surface area contributed by atoms with E-state index in [1.807, 2.05) is 0 Å². The molecule has 118 valence electrons. The van der Waals surface area contributed by atoms with Crippen molar-refractivity contribution in [2.45, 2.75) is 0 Å². The zero-order valence-electron chi connectivity index (χ0n) is 11.6. The highest BCUT2D eigenvalue weighted by molar-refractivity contribution is 8.14. The van der Waals surface area contributed by atoms with Crippen LogP contribution in [0.1, 0.15) is 0 Å². The quantitative estimate of drug-likeness (QED) is 0.371. The van der Waals surface area contributed by atoms with Crippen LogP contribution in [0.25, 0.3) is 0 Å². The van der Waals surface area contributed by atoms with Crippen LogP contribution in [0.2, 0.25) is 5.02 Å². The minimum Gasteiger partial charge on any atom is -0.340 e. The van der Waals surface area contributed by atoms with Crippen molar-refractivity contribution >= 4 is 45.8 Å². The Hall–Kier alpha value is -2.57. The molecule has 1 amide bonds. The number of amides is 1. The van der Waals surface area contributed by atoms with Crippen LogP contribution in [0.3, 0.4) is 0 Å². The number of nitriles is 1. The number of anilines is 1. The molecule has 23 heavy (non-hydrogen) atoms. The Balaban J connectivity index is 2.13. The third-order valence-electron chi connectivity index (χ3n) is 2.70. The molecular weight excluding hydrogens is 342 g/mol. The lowest BCUT2D eigenvalue weighted by molar-refractivity contribution is -0.384. The van der Waals surface area contributed by atoms with Gasteiger partial charge in [-0.05, 0) is 6.07 Å². The lowest BCUT2D eigenvalue weighted by Gasteiger charge is -2.06. The fraction of sp³-hybridized carbons (Fsp3) is 0.154. The summed E-state index contributed by atoms with van der Waals surface area (Å²) in [6.45, 7) is 0.679. The highest BCUT2D eigenvalue weighted by atomic mass is 35.5. The second-order valence-electron chi connectivity index (χ2n) is 4.22. The van der Waals surface area contributed by atoms with Crippen LogP contribution >= 0.6 is 23.4 Å². The summed E-state index contributed by atoms with van der Waals surface area (Å²) >= 11 is 7.37. The summed E-state index contributed by atoms with van der Waals surface area (Å²) in [5.41, 5.74) is -0.371. The van der Waals surface area contributed by atoms with E-state index in [1.165, 1.54) is 30.1 Å². The third kappa shape index (κ3) is 4.45. The number of halogens is 1. The first-order chi connectivity index (χ1) is 11.0. The molecule has 0 unspecified atom stereocenters. The Kier molecular flexibility index (Phi) is 5.56. The average molecular weight is 352 g/mol. The molecule has 0 radical (unpaired) electrons. The molecule has 0 atom stereocenters. The van der Waals surface area contributed by atoms with Gasteiger partial charge in [0.25, 0.3) is 11.6 Å².